The number of nitro benzene ring substituents is 1. The van der Waals surface area contributed by atoms with Crippen LogP contribution < -0.4 is 10.1 Å². The Labute approximate surface area is 204 Å². The number of furan rings is 1. The van der Waals surface area contributed by atoms with Crippen molar-refractivity contribution < 1.29 is 18.9 Å². The van der Waals surface area contributed by atoms with Crippen LogP contribution >= 0.6 is 23.2 Å². The predicted octanol–water partition coefficient (Wildman–Crippen LogP) is 5.88. The highest BCUT2D eigenvalue weighted by molar-refractivity contribution is 6.42. The van der Waals surface area contributed by atoms with Crippen molar-refractivity contribution in [1.82, 2.24) is 9.78 Å². The van der Waals surface area contributed by atoms with Crippen molar-refractivity contribution >= 4 is 40.6 Å². The predicted molar refractivity (Wildman–Crippen MR) is 127 cm³/mol. The van der Waals surface area contributed by atoms with Gasteiger partial charge in [0.2, 0.25) is 0 Å². The van der Waals surface area contributed by atoms with Crippen LogP contribution in [0.3, 0.4) is 0 Å². The van der Waals surface area contributed by atoms with Gasteiger partial charge in [0.25, 0.3) is 5.91 Å². The van der Waals surface area contributed by atoms with E-state index in [0.29, 0.717) is 28.2 Å². The minimum Gasteiger partial charge on any atom is -0.479 e. The number of anilines is 1. The van der Waals surface area contributed by atoms with Gasteiger partial charge in [-0.3, -0.25) is 19.6 Å². The van der Waals surface area contributed by atoms with Crippen molar-refractivity contribution in [3.63, 3.8) is 0 Å². The first-order chi connectivity index (χ1) is 16.3. The fraction of sp³-hybridized carbons (Fsp3) is 0.130. The normalized spacial score (nSPS) is 10.8. The number of benzene rings is 2. The summed E-state index contributed by atoms with van der Waals surface area (Å²) in [4.78, 5) is 23.2. The van der Waals surface area contributed by atoms with Crippen LogP contribution in [0.15, 0.2) is 65.2 Å². The molecule has 174 valence electrons. The maximum absolute atomic E-state index is 12.5. The molecular weight excluding hydrogens is 483 g/mol. The quantitative estimate of drug-likeness (QED) is 0.238. The Morgan fingerprint density at radius 3 is 2.74 bits per heavy atom. The fourth-order valence-corrected chi connectivity index (χ4v) is 3.46. The topological polar surface area (TPSA) is 112 Å². The van der Waals surface area contributed by atoms with Crippen molar-refractivity contribution in [2.24, 2.45) is 0 Å². The Morgan fingerprint density at radius 1 is 1.15 bits per heavy atom. The van der Waals surface area contributed by atoms with Gasteiger partial charge in [-0.05, 0) is 48.4 Å². The molecule has 0 radical (unpaired) electrons. The van der Waals surface area contributed by atoms with E-state index in [1.807, 2.05) is 6.07 Å². The molecule has 0 atom stereocenters. The third-order valence-corrected chi connectivity index (χ3v) is 5.52. The molecule has 1 amide bonds. The molecule has 11 heteroatoms. The first kappa shape index (κ1) is 23.3. The van der Waals surface area contributed by atoms with Gasteiger partial charge in [-0.25, -0.2) is 0 Å². The summed E-state index contributed by atoms with van der Waals surface area (Å²) in [5, 5.41) is 19.1. The van der Waals surface area contributed by atoms with E-state index in [0.717, 1.165) is 11.1 Å². The Kier molecular flexibility index (Phi) is 6.85. The molecule has 0 saturated heterocycles. The van der Waals surface area contributed by atoms with E-state index in [1.165, 1.54) is 18.2 Å². The van der Waals surface area contributed by atoms with Crippen molar-refractivity contribution in [2.75, 3.05) is 5.32 Å². The fourth-order valence-electron chi connectivity index (χ4n) is 3.14. The lowest BCUT2D eigenvalue weighted by molar-refractivity contribution is -0.386. The lowest BCUT2D eigenvalue weighted by Gasteiger charge is -2.06. The summed E-state index contributed by atoms with van der Waals surface area (Å²) < 4.78 is 12.7. The van der Waals surface area contributed by atoms with Crippen LogP contribution in [0.5, 0.6) is 5.75 Å². The van der Waals surface area contributed by atoms with Gasteiger partial charge in [-0.15, -0.1) is 0 Å². The van der Waals surface area contributed by atoms with Gasteiger partial charge >= 0.3 is 5.69 Å². The van der Waals surface area contributed by atoms with Gasteiger partial charge in [-0.2, -0.15) is 5.10 Å². The molecule has 4 rings (SSSR count). The number of halogens is 2. The molecule has 0 aliphatic carbocycles. The number of carbonyl (C=O) groups excluding carboxylic acids is 1. The number of nitrogens with one attached hydrogen (secondary N) is 1. The molecule has 0 fully saturated rings. The summed E-state index contributed by atoms with van der Waals surface area (Å²) in [6.45, 7) is 2.13. The molecule has 34 heavy (non-hydrogen) atoms. The number of nitro groups is 1. The molecule has 0 spiro atoms. The van der Waals surface area contributed by atoms with Gasteiger partial charge in [-0.1, -0.05) is 35.3 Å². The highest BCUT2D eigenvalue weighted by atomic mass is 35.5. The lowest BCUT2D eigenvalue weighted by atomic mass is 10.2. The van der Waals surface area contributed by atoms with E-state index >= 15 is 0 Å². The monoisotopic (exact) mass is 500 g/mol. The highest BCUT2D eigenvalue weighted by Crippen LogP contribution is 2.28. The molecule has 2 heterocycles. The summed E-state index contributed by atoms with van der Waals surface area (Å²) in [6, 6.07) is 14.7. The van der Waals surface area contributed by atoms with Gasteiger partial charge in [0.05, 0.1) is 21.5 Å². The maximum atomic E-state index is 12.5. The van der Waals surface area contributed by atoms with Crippen molar-refractivity contribution in [2.45, 2.75) is 20.1 Å². The number of hydrogen-bond donors (Lipinski definition) is 1. The van der Waals surface area contributed by atoms with Crippen LogP contribution in [0.1, 0.15) is 27.4 Å². The summed E-state index contributed by atoms with van der Waals surface area (Å²) in [5.74, 6) is 0.355. The van der Waals surface area contributed by atoms with Crippen molar-refractivity contribution in [3.8, 4) is 5.75 Å². The summed E-state index contributed by atoms with van der Waals surface area (Å²) in [7, 11) is 0. The lowest BCUT2D eigenvalue weighted by Crippen LogP contribution is -2.12. The zero-order valence-corrected chi connectivity index (χ0v) is 19.3. The Morgan fingerprint density at radius 2 is 1.97 bits per heavy atom. The van der Waals surface area contributed by atoms with Crippen LogP contribution in [-0.4, -0.2) is 20.6 Å². The van der Waals surface area contributed by atoms with Gasteiger partial charge in [0, 0.05) is 18.3 Å². The Balaban J connectivity index is 1.36. The highest BCUT2D eigenvalue weighted by Gasteiger charge is 2.17. The van der Waals surface area contributed by atoms with Crippen molar-refractivity contribution in [1.29, 1.82) is 0 Å². The maximum Gasteiger partial charge on any atom is 0.311 e. The smallest absolute Gasteiger partial charge is 0.311 e. The molecule has 0 aliphatic heterocycles. The number of rotatable bonds is 8. The van der Waals surface area contributed by atoms with E-state index in [1.54, 1.807) is 48.1 Å². The number of hydrogen-bond acceptors (Lipinski definition) is 6. The van der Waals surface area contributed by atoms with Gasteiger partial charge in [0.15, 0.2) is 17.3 Å². The standard InChI is InChI=1S/C23H18Cl2N4O5/c1-14-2-6-20(19(10-14)29(31)32)33-13-16-4-7-21(34-16)23(30)26-22-8-9-28(27-22)12-15-3-5-17(24)18(25)11-15/h2-11H,12-13H2,1H3,(H,26,27,30). The van der Waals surface area contributed by atoms with Crippen LogP contribution in [0.25, 0.3) is 0 Å². The van der Waals surface area contributed by atoms with Crippen LogP contribution in [-0.2, 0) is 13.2 Å². The zero-order valence-electron chi connectivity index (χ0n) is 17.8. The minimum absolute atomic E-state index is 0.0519. The minimum atomic E-state index is -0.510. The second-order valence-corrected chi connectivity index (χ2v) is 8.20. The Bertz CT molecular complexity index is 1370. The van der Waals surface area contributed by atoms with Gasteiger partial charge in [0.1, 0.15) is 12.4 Å². The SMILES string of the molecule is Cc1ccc(OCc2ccc(C(=O)Nc3ccn(Cc4ccc(Cl)c(Cl)c4)n3)o2)c([N+](=O)[O-])c1. The third-order valence-electron chi connectivity index (χ3n) is 4.78. The van der Waals surface area contributed by atoms with E-state index in [2.05, 4.69) is 10.4 Å². The molecule has 0 saturated carbocycles. The van der Waals surface area contributed by atoms with Crippen LogP contribution in [0, 0.1) is 17.0 Å². The largest absolute Gasteiger partial charge is 0.479 e. The molecule has 2 aromatic heterocycles. The van der Waals surface area contributed by atoms with Crippen LogP contribution in [0.2, 0.25) is 10.0 Å². The third kappa shape index (κ3) is 5.56. The number of aromatic nitrogens is 2. The second kappa shape index (κ2) is 9.98. The van der Waals surface area contributed by atoms with Crippen molar-refractivity contribution in [3.05, 3.63) is 104 Å². The first-order valence-electron chi connectivity index (χ1n) is 10.0. The van der Waals surface area contributed by atoms with E-state index < -0.39 is 10.8 Å². The zero-order chi connectivity index (χ0) is 24.2. The summed E-state index contributed by atoms with van der Waals surface area (Å²) in [5.41, 5.74) is 1.51. The summed E-state index contributed by atoms with van der Waals surface area (Å²) >= 11 is 12.0. The van der Waals surface area contributed by atoms with E-state index in [4.69, 9.17) is 32.4 Å². The second-order valence-electron chi connectivity index (χ2n) is 7.38. The molecule has 1 N–H and O–H groups in total. The number of nitrogens with zero attached hydrogens (tertiary/aromatic N) is 3. The molecular formula is C23H18Cl2N4O5. The molecule has 0 bridgehead atoms. The summed E-state index contributed by atoms with van der Waals surface area (Å²) in [6.07, 6.45) is 1.72. The van der Waals surface area contributed by atoms with Gasteiger partial charge < -0.3 is 14.5 Å². The molecule has 0 unspecified atom stereocenters. The molecule has 9 nitrogen and oxygen atoms in total. The van der Waals surface area contributed by atoms with E-state index in [-0.39, 0.29) is 23.8 Å². The Hall–Kier alpha value is -3.82. The average Bonchev–Trinajstić information content (AvgIpc) is 3.45. The number of carbonyl (C=O) groups is 1. The number of amides is 1. The molecule has 4 aromatic rings. The van der Waals surface area contributed by atoms with E-state index in [9.17, 15) is 14.9 Å². The first-order valence-corrected chi connectivity index (χ1v) is 10.8. The molecule has 0 aliphatic rings. The number of aryl methyl sites for hydroxylation is 1. The average molecular weight is 501 g/mol. The molecule has 2 aromatic carbocycles. The number of ether oxygens (including phenoxy) is 1. The van der Waals surface area contributed by atoms with Crippen LogP contribution in [0.4, 0.5) is 11.5 Å².